The van der Waals surface area contributed by atoms with Gasteiger partial charge >= 0.3 is 0 Å². The molecule has 46 heavy (non-hydrogen) atoms. The Kier molecular flexibility index (Phi) is 12.9. The number of nitrogens with one attached hydrogen (secondary N) is 1. The van der Waals surface area contributed by atoms with Gasteiger partial charge in [-0.2, -0.15) is 0 Å². The number of halogens is 1. The third-order valence-corrected chi connectivity index (χ3v) is 10.2. The predicted molar refractivity (Wildman–Crippen MR) is 191 cm³/mol. The summed E-state index contributed by atoms with van der Waals surface area (Å²) in [6, 6.07) is 30.4. The normalized spacial score (nSPS) is 18.2. The first kappa shape index (κ1) is 34.4. The van der Waals surface area contributed by atoms with Crippen LogP contribution in [-0.2, 0) is 19.4 Å². The summed E-state index contributed by atoms with van der Waals surface area (Å²) in [4.78, 5) is 10.2. The van der Waals surface area contributed by atoms with Crippen molar-refractivity contribution in [3.63, 3.8) is 0 Å². The fraction of sp³-hybridized carbons (Fsp3) is 0.475. The second kappa shape index (κ2) is 17.3. The monoisotopic (exact) mass is 640 g/mol. The molecule has 1 heterocycles. The molecule has 4 aromatic rings. The van der Waals surface area contributed by atoms with E-state index in [2.05, 4.69) is 116 Å². The topological polar surface area (TPSA) is 44.5 Å². The molecule has 1 aliphatic rings. The Hall–Kier alpha value is -2.96. The molecular weight excluding hydrogens is 588 g/mol. The van der Waals surface area contributed by atoms with Crippen LogP contribution in [-0.4, -0.2) is 48.5 Å². The van der Waals surface area contributed by atoms with Crippen molar-refractivity contribution in [3.8, 4) is 0 Å². The highest BCUT2D eigenvalue weighted by Crippen LogP contribution is 2.43. The van der Waals surface area contributed by atoms with Crippen molar-refractivity contribution in [2.24, 2.45) is 11.8 Å². The van der Waals surface area contributed by atoms with Crippen LogP contribution in [0.3, 0.4) is 0 Å². The average molecular weight is 641 g/mol. The molecule has 1 aromatic heterocycles. The minimum Gasteiger partial charge on any atom is -0.442 e. The summed E-state index contributed by atoms with van der Waals surface area (Å²) in [6.45, 7) is 8.09. The fourth-order valence-electron chi connectivity index (χ4n) is 7.47. The van der Waals surface area contributed by atoms with Crippen molar-refractivity contribution in [3.05, 3.63) is 124 Å². The fourth-order valence-corrected chi connectivity index (χ4v) is 7.59. The van der Waals surface area contributed by atoms with Gasteiger partial charge in [-0.3, -0.25) is 4.90 Å². The highest BCUT2D eigenvalue weighted by Gasteiger charge is 2.34. The number of benzene rings is 3. The van der Waals surface area contributed by atoms with Gasteiger partial charge in [-0.1, -0.05) is 111 Å². The lowest BCUT2D eigenvalue weighted by Crippen LogP contribution is -2.33. The lowest BCUT2D eigenvalue weighted by atomic mass is 9.74. The maximum atomic E-state index is 6.75. The number of nitrogens with zero attached hydrogens (tertiary/aromatic N) is 3. The standard InChI is InChI=1S/C40H53ClN4O/c1-5-45(6-2)37(28-32-17-19-33(20-18-32)39(44(3)4)34-21-23-35(41)24-22-34)40-43-36(27-31-15-11-8-12-16-31)38(46-40)29-42-26-25-30-13-9-7-10-14-30/h7-16,21-24,32-33,37,39,42H,5-6,17-20,25-29H2,1-4H3. The van der Waals surface area contributed by atoms with Crippen molar-refractivity contribution in [1.29, 1.82) is 0 Å². The van der Waals surface area contributed by atoms with Crippen molar-refractivity contribution < 1.29 is 4.42 Å². The number of hydrogen-bond acceptors (Lipinski definition) is 5. The zero-order chi connectivity index (χ0) is 32.3. The number of rotatable bonds is 16. The average Bonchev–Trinajstić information content (AvgIpc) is 3.47. The number of aromatic nitrogens is 1. The Morgan fingerprint density at radius 2 is 1.48 bits per heavy atom. The number of oxazole rings is 1. The zero-order valence-electron chi connectivity index (χ0n) is 28.3. The summed E-state index contributed by atoms with van der Waals surface area (Å²) in [5.74, 6) is 3.17. The molecule has 246 valence electrons. The molecule has 1 fully saturated rings. The molecule has 0 saturated heterocycles. The van der Waals surface area contributed by atoms with Crippen LogP contribution in [0.15, 0.2) is 89.3 Å². The zero-order valence-corrected chi connectivity index (χ0v) is 29.1. The van der Waals surface area contributed by atoms with Gasteiger partial charge in [0.2, 0.25) is 5.89 Å². The summed E-state index contributed by atoms with van der Waals surface area (Å²) in [6.07, 6.45) is 7.83. The quantitative estimate of drug-likeness (QED) is 0.124. The first-order valence-corrected chi connectivity index (χ1v) is 17.8. The largest absolute Gasteiger partial charge is 0.442 e. The van der Waals surface area contributed by atoms with Gasteiger partial charge in [0, 0.05) is 17.5 Å². The molecule has 1 saturated carbocycles. The molecule has 0 radical (unpaired) electrons. The van der Waals surface area contributed by atoms with E-state index in [1.54, 1.807) is 0 Å². The van der Waals surface area contributed by atoms with Crippen LogP contribution >= 0.6 is 11.6 Å². The Morgan fingerprint density at radius 3 is 2.09 bits per heavy atom. The van der Waals surface area contributed by atoms with Gasteiger partial charge < -0.3 is 14.6 Å². The van der Waals surface area contributed by atoms with Gasteiger partial charge in [-0.25, -0.2) is 4.98 Å². The van der Waals surface area contributed by atoms with E-state index >= 15 is 0 Å². The van der Waals surface area contributed by atoms with Gasteiger partial charge in [-0.15, -0.1) is 0 Å². The van der Waals surface area contributed by atoms with E-state index < -0.39 is 0 Å². The molecule has 5 rings (SSSR count). The smallest absolute Gasteiger partial charge is 0.212 e. The second-order valence-electron chi connectivity index (χ2n) is 13.2. The third-order valence-electron chi connectivity index (χ3n) is 9.93. The maximum Gasteiger partial charge on any atom is 0.212 e. The summed E-state index contributed by atoms with van der Waals surface area (Å²) in [7, 11) is 4.43. The first-order valence-electron chi connectivity index (χ1n) is 17.4. The van der Waals surface area contributed by atoms with E-state index in [9.17, 15) is 0 Å². The van der Waals surface area contributed by atoms with Crippen molar-refractivity contribution in [2.75, 3.05) is 33.7 Å². The molecular formula is C40H53ClN4O. The molecule has 2 atom stereocenters. The van der Waals surface area contributed by atoms with Crippen molar-refractivity contribution in [1.82, 2.24) is 20.1 Å². The van der Waals surface area contributed by atoms with Crippen LogP contribution in [0.2, 0.25) is 5.02 Å². The van der Waals surface area contributed by atoms with Gasteiger partial charge in [0.15, 0.2) is 0 Å². The predicted octanol–water partition coefficient (Wildman–Crippen LogP) is 9.13. The van der Waals surface area contributed by atoms with Crippen LogP contribution in [0.1, 0.15) is 92.1 Å². The van der Waals surface area contributed by atoms with Crippen LogP contribution in [0, 0.1) is 11.8 Å². The Bertz CT molecular complexity index is 1430. The van der Waals surface area contributed by atoms with Crippen molar-refractivity contribution >= 4 is 11.6 Å². The van der Waals surface area contributed by atoms with Gasteiger partial charge in [0.25, 0.3) is 0 Å². The maximum absolute atomic E-state index is 6.75. The van der Waals surface area contributed by atoms with Crippen LogP contribution in [0.5, 0.6) is 0 Å². The highest BCUT2D eigenvalue weighted by molar-refractivity contribution is 6.30. The van der Waals surface area contributed by atoms with Gasteiger partial charge in [0.05, 0.1) is 18.3 Å². The molecule has 0 aliphatic heterocycles. The minimum absolute atomic E-state index is 0.185. The molecule has 6 heteroatoms. The van der Waals surface area contributed by atoms with E-state index in [4.69, 9.17) is 21.0 Å². The second-order valence-corrected chi connectivity index (χ2v) is 13.6. The summed E-state index contributed by atoms with van der Waals surface area (Å²) in [5.41, 5.74) is 5.04. The first-order chi connectivity index (χ1) is 22.4. The lowest BCUT2D eigenvalue weighted by molar-refractivity contribution is 0.111. The summed E-state index contributed by atoms with van der Waals surface area (Å²) in [5, 5.41) is 4.45. The Labute approximate surface area is 282 Å². The SMILES string of the molecule is CCN(CC)C(CC1CCC(C(c2ccc(Cl)cc2)N(C)C)CC1)c1nc(Cc2ccccc2)c(CNCCc2ccccc2)o1. The van der Waals surface area contributed by atoms with Crippen LogP contribution in [0.25, 0.3) is 0 Å². The molecule has 5 nitrogen and oxygen atoms in total. The molecule has 0 bridgehead atoms. The Balaban J connectivity index is 1.30. The van der Waals surface area contributed by atoms with E-state index in [1.807, 2.05) is 12.1 Å². The molecule has 1 aliphatic carbocycles. The molecule has 1 N–H and O–H groups in total. The summed E-state index contributed by atoms with van der Waals surface area (Å²) >= 11 is 6.22. The van der Waals surface area contributed by atoms with Crippen molar-refractivity contribution in [2.45, 2.75) is 77.4 Å². The highest BCUT2D eigenvalue weighted by atomic mass is 35.5. The Morgan fingerprint density at radius 1 is 0.848 bits per heavy atom. The molecule has 0 amide bonds. The van der Waals surface area contributed by atoms with E-state index in [0.29, 0.717) is 24.4 Å². The molecule has 3 aromatic carbocycles. The molecule has 0 spiro atoms. The molecule has 2 unspecified atom stereocenters. The van der Waals surface area contributed by atoms with E-state index in [-0.39, 0.29) is 6.04 Å². The van der Waals surface area contributed by atoms with E-state index in [1.165, 1.54) is 42.4 Å². The minimum atomic E-state index is 0.185. The van der Waals surface area contributed by atoms with Crippen LogP contribution in [0.4, 0.5) is 0 Å². The third kappa shape index (κ3) is 9.32. The van der Waals surface area contributed by atoms with Gasteiger partial charge in [0.1, 0.15) is 5.76 Å². The number of hydrogen-bond donors (Lipinski definition) is 1. The summed E-state index contributed by atoms with van der Waals surface area (Å²) < 4.78 is 6.75. The van der Waals surface area contributed by atoms with Crippen LogP contribution < -0.4 is 5.32 Å². The van der Waals surface area contributed by atoms with Gasteiger partial charge in [-0.05, 0) is 100 Å². The lowest BCUT2D eigenvalue weighted by Gasteiger charge is -2.39. The van der Waals surface area contributed by atoms with E-state index in [0.717, 1.165) is 61.3 Å².